The van der Waals surface area contributed by atoms with Gasteiger partial charge in [-0.3, -0.25) is 9.78 Å². The van der Waals surface area contributed by atoms with Gasteiger partial charge in [0.25, 0.3) is 5.91 Å². The molecule has 4 heteroatoms. The summed E-state index contributed by atoms with van der Waals surface area (Å²) in [4.78, 5) is 16.9. The third-order valence-electron chi connectivity index (χ3n) is 3.64. The maximum atomic E-state index is 12.6. The van der Waals surface area contributed by atoms with Gasteiger partial charge in [0.15, 0.2) is 0 Å². The van der Waals surface area contributed by atoms with Crippen molar-refractivity contribution in [2.24, 2.45) is 5.41 Å². The van der Waals surface area contributed by atoms with E-state index < -0.39 is 0 Å². The molecule has 112 valence electrons. The van der Waals surface area contributed by atoms with Crippen LogP contribution in [0.1, 0.15) is 37.7 Å². The maximum absolute atomic E-state index is 12.6. The minimum atomic E-state index is -0.104. The van der Waals surface area contributed by atoms with Crippen molar-refractivity contribution in [3.63, 3.8) is 0 Å². The van der Waals surface area contributed by atoms with Crippen molar-refractivity contribution >= 4 is 32.6 Å². The van der Waals surface area contributed by atoms with E-state index in [-0.39, 0.29) is 17.4 Å². The van der Waals surface area contributed by atoms with Gasteiger partial charge in [-0.1, -0.05) is 61.0 Å². The van der Waals surface area contributed by atoms with Gasteiger partial charge in [0, 0.05) is 23.0 Å². The van der Waals surface area contributed by atoms with Crippen LogP contribution in [0.5, 0.6) is 0 Å². The first-order valence-corrected chi connectivity index (χ1v) is 8.26. The molecule has 0 fully saturated rings. The van der Waals surface area contributed by atoms with Crippen LogP contribution in [0.15, 0.2) is 36.5 Å². The second kappa shape index (κ2) is 6.56. The lowest BCUT2D eigenvalue weighted by molar-refractivity contribution is 0.0897. The number of carbonyl (C=O) groups excluding carboxylic acids is 1. The summed E-state index contributed by atoms with van der Waals surface area (Å²) in [6.45, 7) is 6.41. The van der Waals surface area contributed by atoms with Crippen molar-refractivity contribution in [1.82, 2.24) is 10.3 Å². The van der Waals surface area contributed by atoms with Crippen molar-refractivity contribution in [3.8, 4) is 0 Å². The molecule has 3 nitrogen and oxygen atoms in total. The monoisotopic (exact) mass is 348 g/mol. The zero-order valence-corrected chi connectivity index (χ0v) is 14.3. The van der Waals surface area contributed by atoms with Crippen molar-refractivity contribution in [2.45, 2.75) is 33.2 Å². The van der Waals surface area contributed by atoms with Crippen molar-refractivity contribution in [1.29, 1.82) is 0 Å². The summed E-state index contributed by atoms with van der Waals surface area (Å²) >= 11 is 3.46. The van der Waals surface area contributed by atoms with Gasteiger partial charge in [-0.15, -0.1) is 0 Å². The lowest BCUT2D eigenvalue weighted by Crippen LogP contribution is -2.44. The molecule has 0 aliphatic rings. The lowest BCUT2D eigenvalue weighted by atomic mass is 9.85. The molecule has 0 bridgehead atoms. The molecule has 1 unspecified atom stereocenters. The van der Waals surface area contributed by atoms with Gasteiger partial charge < -0.3 is 5.32 Å². The van der Waals surface area contributed by atoms with E-state index in [1.54, 1.807) is 6.20 Å². The van der Waals surface area contributed by atoms with Crippen LogP contribution in [-0.4, -0.2) is 22.3 Å². The lowest BCUT2D eigenvalue weighted by Gasteiger charge is -2.31. The fraction of sp³-hybridized carbons (Fsp3) is 0.412. The van der Waals surface area contributed by atoms with E-state index in [0.29, 0.717) is 5.69 Å². The van der Waals surface area contributed by atoms with E-state index in [1.807, 2.05) is 30.3 Å². The minimum Gasteiger partial charge on any atom is -0.347 e. The zero-order chi connectivity index (χ0) is 15.5. The van der Waals surface area contributed by atoms with E-state index in [2.05, 4.69) is 47.0 Å². The van der Waals surface area contributed by atoms with Gasteiger partial charge in [-0.05, 0) is 23.3 Å². The fourth-order valence-electron chi connectivity index (χ4n) is 2.36. The highest BCUT2D eigenvalue weighted by molar-refractivity contribution is 9.09. The molecular formula is C17H21BrN2O. The Hall–Kier alpha value is -1.42. The van der Waals surface area contributed by atoms with E-state index >= 15 is 0 Å². The Morgan fingerprint density at radius 3 is 2.67 bits per heavy atom. The van der Waals surface area contributed by atoms with Crippen LogP contribution < -0.4 is 5.32 Å². The number of hydrogen-bond donors (Lipinski definition) is 1. The van der Waals surface area contributed by atoms with Crippen LogP contribution >= 0.6 is 15.9 Å². The van der Waals surface area contributed by atoms with Gasteiger partial charge in [-0.2, -0.15) is 0 Å². The Labute approximate surface area is 134 Å². The largest absolute Gasteiger partial charge is 0.347 e. The molecule has 1 amide bonds. The van der Waals surface area contributed by atoms with E-state index in [4.69, 9.17) is 0 Å². The molecule has 1 atom stereocenters. The molecule has 1 aromatic heterocycles. The molecule has 2 aromatic rings. The summed E-state index contributed by atoms with van der Waals surface area (Å²) < 4.78 is 0. The van der Waals surface area contributed by atoms with Crippen molar-refractivity contribution < 1.29 is 4.79 Å². The number of nitrogens with zero attached hydrogens (tertiary/aromatic N) is 1. The summed E-state index contributed by atoms with van der Waals surface area (Å²) in [5.41, 5.74) is 0.505. The van der Waals surface area contributed by atoms with Crippen LogP contribution in [0, 0.1) is 5.41 Å². The number of carbonyl (C=O) groups is 1. The predicted molar refractivity (Wildman–Crippen MR) is 90.9 cm³/mol. The number of aromatic nitrogens is 1. The second-order valence-corrected chi connectivity index (χ2v) is 7.04. The number of nitrogens with one attached hydrogen (secondary N) is 1. The molecule has 1 N–H and O–H groups in total. The number of benzene rings is 1. The SMILES string of the molecule is CC(C)(C)C(CCBr)NC(=O)c1nccc2ccccc12. The summed E-state index contributed by atoms with van der Waals surface area (Å²) in [7, 11) is 0. The number of amides is 1. The first kappa shape index (κ1) is 16.0. The van der Waals surface area contributed by atoms with Gasteiger partial charge in [0.1, 0.15) is 5.69 Å². The molecule has 0 radical (unpaired) electrons. The molecule has 0 saturated heterocycles. The Morgan fingerprint density at radius 1 is 1.29 bits per heavy atom. The standard InChI is InChI=1S/C17H21BrN2O/c1-17(2,3)14(8-10-18)20-16(21)15-13-7-5-4-6-12(13)9-11-19-15/h4-7,9,11,14H,8,10H2,1-3H3,(H,20,21). The third-order valence-corrected chi connectivity index (χ3v) is 4.10. The number of alkyl halides is 1. The second-order valence-electron chi connectivity index (χ2n) is 6.25. The summed E-state index contributed by atoms with van der Waals surface area (Å²) in [6, 6.07) is 9.85. The van der Waals surface area contributed by atoms with Gasteiger partial charge in [-0.25, -0.2) is 0 Å². The average Bonchev–Trinajstić information content (AvgIpc) is 2.45. The quantitative estimate of drug-likeness (QED) is 0.842. The number of halogens is 1. The fourth-order valence-corrected chi connectivity index (χ4v) is 2.82. The number of pyridine rings is 1. The molecular weight excluding hydrogens is 328 g/mol. The normalized spacial score (nSPS) is 13.1. The third kappa shape index (κ3) is 3.82. The highest BCUT2D eigenvalue weighted by atomic mass is 79.9. The van der Waals surface area contributed by atoms with Crippen LogP contribution in [0.25, 0.3) is 10.8 Å². The molecule has 21 heavy (non-hydrogen) atoms. The highest BCUT2D eigenvalue weighted by Crippen LogP contribution is 2.23. The predicted octanol–water partition coefficient (Wildman–Crippen LogP) is 4.16. The van der Waals surface area contributed by atoms with Gasteiger partial charge in [0.2, 0.25) is 0 Å². The molecule has 2 rings (SSSR count). The zero-order valence-electron chi connectivity index (χ0n) is 12.7. The van der Waals surface area contributed by atoms with E-state index in [9.17, 15) is 4.79 Å². The summed E-state index contributed by atoms with van der Waals surface area (Å²) in [5, 5.41) is 5.92. The van der Waals surface area contributed by atoms with Gasteiger partial charge >= 0.3 is 0 Å². The van der Waals surface area contributed by atoms with E-state index in [0.717, 1.165) is 22.5 Å². The molecule has 0 aliphatic heterocycles. The Balaban J connectivity index is 2.30. The topological polar surface area (TPSA) is 42.0 Å². The number of fused-ring (bicyclic) bond motifs is 1. The van der Waals surface area contributed by atoms with Crippen LogP contribution in [-0.2, 0) is 0 Å². The highest BCUT2D eigenvalue weighted by Gasteiger charge is 2.26. The molecule has 0 aliphatic carbocycles. The average molecular weight is 349 g/mol. The smallest absolute Gasteiger partial charge is 0.270 e. The molecule has 0 saturated carbocycles. The summed E-state index contributed by atoms with van der Waals surface area (Å²) in [6.07, 6.45) is 2.58. The minimum absolute atomic E-state index is 0.00795. The van der Waals surface area contributed by atoms with Crippen LogP contribution in [0.3, 0.4) is 0 Å². The van der Waals surface area contributed by atoms with Crippen LogP contribution in [0.4, 0.5) is 0 Å². The Kier molecular flexibility index (Phi) is 4.99. The van der Waals surface area contributed by atoms with Crippen molar-refractivity contribution in [2.75, 3.05) is 5.33 Å². The van der Waals surface area contributed by atoms with Crippen molar-refractivity contribution in [3.05, 3.63) is 42.2 Å². The first-order chi connectivity index (χ1) is 9.93. The number of hydrogen-bond acceptors (Lipinski definition) is 2. The molecule has 1 heterocycles. The molecule has 0 spiro atoms. The first-order valence-electron chi connectivity index (χ1n) is 7.14. The van der Waals surface area contributed by atoms with E-state index in [1.165, 1.54) is 0 Å². The Bertz CT molecular complexity index is 629. The Morgan fingerprint density at radius 2 is 2.00 bits per heavy atom. The summed E-state index contributed by atoms with van der Waals surface area (Å²) in [5.74, 6) is -0.104. The maximum Gasteiger partial charge on any atom is 0.270 e. The van der Waals surface area contributed by atoms with Crippen LogP contribution in [0.2, 0.25) is 0 Å². The number of rotatable bonds is 4. The molecule has 1 aromatic carbocycles. The van der Waals surface area contributed by atoms with Gasteiger partial charge in [0.05, 0.1) is 0 Å².